The molecule has 0 bridgehead atoms. The van der Waals surface area contributed by atoms with Crippen molar-refractivity contribution in [3.8, 4) is 0 Å². The van der Waals surface area contributed by atoms with E-state index in [0.29, 0.717) is 19.0 Å². The highest BCUT2D eigenvalue weighted by atomic mass is 35.5. The Labute approximate surface area is 179 Å². The Bertz CT molecular complexity index is 810. The van der Waals surface area contributed by atoms with Crippen molar-refractivity contribution in [3.05, 3.63) is 28.8 Å². The smallest absolute Gasteiger partial charge is 0.242 e. The first kappa shape index (κ1) is 25.4. The minimum atomic E-state index is -4.04. The molecular weight excluding hydrogens is 414 g/mol. The largest absolute Gasteiger partial charge is 0.356 e. The highest BCUT2D eigenvalue weighted by Gasteiger charge is 2.28. The fraction of sp³-hybridized carbons (Fsp3) is 0.600. The number of benzene rings is 1. The lowest BCUT2D eigenvalue weighted by Crippen LogP contribution is -2.48. The zero-order valence-corrected chi connectivity index (χ0v) is 19.3. The van der Waals surface area contributed by atoms with Crippen LogP contribution in [0.1, 0.15) is 46.1 Å². The van der Waals surface area contributed by atoms with Crippen molar-refractivity contribution in [2.75, 3.05) is 13.1 Å². The zero-order chi connectivity index (χ0) is 22.2. The molecule has 0 aliphatic rings. The van der Waals surface area contributed by atoms with Gasteiger partial charge in [-0.3, -0.25) is 9.59 Å². The number of sulfonamides is 1. The molecule has 0 saturated carbocycles. The van der Waals surface area contributed by atoms with Crippen molar-refractivity contribution in [3.63, 3.8) is 0 Å². The minimum absolute atomic E-state index is 0.0244. The molecule has 0 aliphatic heterocycles. The molecule has 3 N–H and O–H groups in total. The van der Waals surface area contributed by atoms with Crippen molar-refractivity contribution in [2.45, 2.75) is 58.4 Å². The number of carbonyl (C=O) groups excluding carboxylic acids is 2. The van der Waals surface area contributed by atoms with Gasteiger partial charge in [0.1, 0.15) is 10.9 Å². The lowest BCUT2D eigenvalue weighted by molar-refractivity contribution is -0.124. The van der Waals surface area contributed by atoms with Crippen molar-refractivity contribution < 1.29 is 18.0 Å². The van der Waals surface area contributed by atoms with Crippen LogP contribution in [0.25, 0.3) is 0 Å². The van der Waals surface area contributed by atoms with E-state index < -0.39 is 22.0 Å². The van der Waals surface area contributed by atoms with Gasteiger partial charge in [0.05, 0.1) is 5.02 Å². The normalized spacial score (nSPS) is 12.8. The molecule has 1 atom stereocenters. The maximum atomic E-state index is 12.8. The third kappa shape index (κ3) is 9.14. The first-order valence-corrected chi connectivity index (χ1v) is 11.6. The molecular formula is C20H32ClN3O4S. The number of carbonyl (C=O) groups is 2. The highest BCUT2D eigenvalue weighted by Crippen LogP contribution is 2.23. The Morgan fingerprint density at radius 3 is 2.21 bits per heavy atom. The monoisotopic (exact) mass is 445 g/mol. The Balaban J connectivity index is 2.96. The summed E-state index contributed by atoms with van der Waals surface area (Å²) in [5, 5.41) is 5.56. The molecule has 0 unspecified atom stereocenters. The lowest BCUT2D eigenvalue weighted by atomic mass is 10.1. The van der Waals surface area contributed by atoms with Crippen LogP contribution >= 0.6 is 11.6 Å². The summed E-state index contributed by atoms with van der Waals surface area (Å²) in [5.74, 6) is -0.196. The summed E-state index contributed by atoms with van der Waals surface area (Å²) in [6.07, 6.45) is 0.0626. The first-order chi connectivity index (χ1) is 13.4. The molecule has 1 aromatic rings. The van der Waals surface area contributed by atoms with Crippen LogP contribution in [0.5, 0.6) is 0 Å². The van der Waals surface area contributed by atoms with Gasteiger partial charge >= 0.3 is 0 Å². The Morgan fingerprint density at radius 1 is 1.03 bits per heavy atom. The Hall–Kier alpha value is -1.64. The molecule has 1 rings (SSSR count). The number of halogens is 1. The summed E-state index contributed by atoms with van der Waals surface area (Å²) < 4.78 is 28.1. The van der Waals surface area contributed by atoms with Crippen molar-refractivity contribution in [2.24, 2.45) is 11.8 Å². The van der Waals surface area contributed by atoms with Crippen molar-refractivity contribution in [1.82, 2.24) is 15.4 Å². The van der Waals surface area contributed by atoms with Crippen LogP contribution in [0.15, 0.2) is 23.1 Å². The SMILES string of the molecule is Cc1ccc(Cl)c(S(=O)(=O)N[C@@H](CCC(=O)NCC(C)C)C(=O)NCC(C)C)c1. The van der Waals surface area contributed by atoms with Crippen molar-refractivity contribution in [1.29, 1.82) is 0 Å². The van der Waals surface area contributed by atoms with Gasteiger partial charge in [-0.2, -0.15) is 4.72 Å². The maximum absolute atomic E-state index is 12.8. The van der Waals surface area contributed by atoms with E-state index in [1.165, 1.54) is 12.1 Å². The number of aryl methyl sites for hydroxylation is 1. The molecule has 0 aromatic heterocycles. The van der Waals surface area contributed by atoms with Crippen molar-refractivity contribution >= 4 is 33.4 Å². The summed E-state index contributed by atoms with van der Waals surface area (Å²) in [5.41, 5.74) is 0.726. The molecule has 0 heterocycles. The topological polar surface area (TPSA) is 104 Å². The van der Waals surface area contributed by atoms with Crippen LogP contribution in [-0.2, 0) is 19.6 Å². The summed E-state index contributed by atoms with van der Waals surface area (Å²) >= 11 is 6.06. The Morgan fingerprint density at radius 2 is 1.62 bits per heavy atom. The van der Waals surface area contributed by atoms with Crippen LogP contribution in [0.4, 0.5) is 0 Å². The van der Waals surface area contributed by atoms with Crippen LogP contribution < -0.4 is 15.4 Å². The lowest BCUT2D eigenvalue weighted by Gasteiger charge is -2.20. The average Bonchev–Trinajstić information content (AvgIpc) is 2.63. The maximum Gasteiger partial charge on any atom is 0.242 e. The molecule has 0 aliphatic carbocycles. The van der Waals surface area contributed by atoms with E-state index in [0.717, 1.165) is 5.56 Å². The zero-order valence-electron chi connectivity index (χ0n) is 17.7. The summed E-state index contributed by atoms with van der Waals surface area (Å²) in [6.45, 7) is 10.5. The van der Waals surface area contributed by atoms with E-state index in [1.807, 2.05) is 27.7 Å². The molecule has 0 fully saturated rings. The van der Waals surface area contributed by atoms with Gasteiger partial charge in [0.15, 0.2) is 0 Å². The quantitative estimate of drug-likeness (QED) is 0.487. The molecule has 7 nitrogen and oxygen atoms in total. The molecule has 0 spiro atoms. The van der Waals surface area contributed by atoms with E-state index in [4.69, 9.17) is 11.6 Å². The summed E-state index contributed by atoms with van der Waals surface area (Å²) in [6, 6.07) is 3.56. The standard InChI is InChI=1S/C20H32ClN3O4S/c1-13(2)11-22-19(25)9-8-17(20(26)23-12-14(3)4)24-29(27,28)18-10-15(5)6-7-16(18)21/h6-7,10,13-14,17,24H,8-9,11-12H2,1-5H3,(H,22,25)(H,23,26)/t17-/m0/s1. The second-order valence-electron chi connectivity index (χ2n) is 7.98. The van der Waals surface area contributed by atoms with Crippen LogP contribution in [0.2, 0.25) is 5.02 Å². The number of nitrogens with one attached hydrogen (secondary N) is 3. The first-order valence-electron chi connectivity index (χ1n) is 9.75. The summed E-state index contributed by atoms with van der Waals surface area (Å²) in [4.78, 5) is 24.5. The molecule has 1 aromatic carbocycles. The van der Waals surface area contributed by atoms with E-state index in [-0.39, 0.29) is 34.6 Å². The van der Waals surface area contributed by atoms with Gasteiger partial charge in [-0.05, 0) is 42.9 Å². The molecule has 9 heteroatoms. The van der Waals surface area contributed by atoms with E-state index >= 15 is 0 Å². The van der Waals surface area contributed by atoms with Gasteiger partial charge in [0, 0.05) is 19.5 Å². The predicted octanol–water partition coefficient (Wildman–Crippen LogP) is 2.62. The molecule has 2 amide bonds. The third-order valence-corrected chi connectivity index (χ3v) is 6.00. The number of hydrogen-bond donors (Lipinski definition) is 3. The second-order valence-corrected chi connectivity index (χ2v) is 10.1. The van der Waals surface area contributed by atoms with Gasteiger partial charge in [0.2, 0.25) is 21.8 Å². The van der Waals surface area contributed by atoms with Gasteiger partial charge in [-0.15, -0.1) is 0 Å². The van der Waals surface area contributed by atoms with Gasteiger partial charge in [-0.1, -0.05) is 45.4 Å². The summed E-state index contributed by atoms with van der Waals surface area (Å²) in [7, 11) is -4.04. The number of amides is 2. The molecule has 29 heavy (non-hydrogen) atoms. The fourth-order valence-electron chi connectivity index (χ4n) is 2.42. The predicted molar refractivity (Wildman–Crippen MR) is 115 cm³/mol. The number of rotatable bonds is 11. The van der Waals surface area contributed by atoms with Gasteiger partial charge < -0.3 is 10.6 Å². The second kappa shape index (κ2) is 11.5. The van der Waals surface area contributed by atoms with Gasteiger partial charge in [-0.25, -0.2) is 8.42 Å². The number of hydrogen-bond acceptors (Lipinski definition) is 4. The van der Waals surface area contributed by atoms with E-state index in [9.17, 15) is 18.0 Å². The minimum Gasteiger partial charge on any atom is -0.356 e. The van der Waals surface area contributed by atoms with Crippen LogP contribution in [-0.4, -0.2) is 39.4 Å². The Kier molecular flexibility index (Phi) is 10.1. The molecule has 0 radical (unpaired) electrons. The van der Waals surface area contributed by atoms with E-state index in [1.54, 1.807) is 13.0 Å². The third-order valence-electron chi connectivity index (χ3n) is 4.04. The van der Waals surface area contributed by atoms with E-state index in [2.05, 4.69) is 15.4 Å². The fourth-order valence-corrected chi connectivity index (χ4v) is 4.24. The molecule has 164 valence electrons. The molecule has 0 saturated heterocycles. The van der Waals surface area contributed by atoms with Crippen LogP contribution in [0, 0.1) is 18.8 Å². The van der Waals surface area contributed by atoms with Crippen LogP contribution in [0.3, 0.4) is 0 Å². The van der Waals surface area contributed by atoms with Gasteiger partial charge in [0.25, 0.3) is 0 Å². The highest BCUT2D eigenvalue weighted by molar-refractivity contribution is 7.89. The average molecular weight is 446 g/mol.